The third kappa shape index (κ3) is 56.4. The molecule has 0 saturated carbocycles. The first-order valence-corrected chi connectivity index (χ1v) is 30.5. The van der Waals surface area contributed by atoms with Crippen LogP contribution >= 0.6 is 0 Å². The van der Waals surface area contributed by atoms with Crippen LogP contribution in [-0.2, 0) is 28.6 Å². The first-order chi connectivity index (χ1) is 34.0. The fourth-order valence-corrected chi connectivity index (χ4v) is 8.96. The maximum absolute atomic E-state index is 12.9. The van der Waals surface area contributed by atoms with Crippen LogP contribution in [0.5, 0.6) is 0 Å². The molecule has 0 atom stereocenters. The van der Waals surface area contributed by atoms with Crippen molar-refractivity contribution in [3.8, 4) is 0 Å². The van der Waals surface area contributed by atoms with Gasteiger partial charge < -0.3 is 14.2 Å². The Bertz CT molecular complexity index is 1100. The van der Waals surface area contributed by atoms with E-state index in [1.165, 1.54) is 212 Å². The lowest BCUT2D eigenvalue weighted by molar-refractivity contribution is -0.167. The van der Waals surface area contributed by atoms with E-state index in [1.54, 1.807) is 0 Å². The lowest BCUT2D eigenvalue weighted by Crippen LogP contribution is -2.30. The molecule has 6 nitrogen and oxygen atoms in total. The Labute approximate surface area is 429 Å². The normalized spacial score (nSPS) is 11.8. The quantitative estimate of drug-likeness (QED) is 0.0261. The van der Waals surface area contributed by atoms with Crippen molar-refractivity contribution in [2.45, 2.75) is 335 Å². The molecule has 0 rings (SSSR count). The molecule has 0 aliphatic heterocycles. The lowest BCUT2D eigenvalue weighted by Gasteiger charge is -2.18. The number of rotatable bonds is 56. The predicted octanol–water partition coefficient (Wildman–Crippen LogP) is 20.4. The maximum atomic E-state index is 12.9. The van der Waals surface area contributed by atoms with E-state index in [1.807, 2.05) is 0 Å². The zero-order valence-electron chi connectivity index (χ0n) is 46.3. The summed E-state index contributed by atoms with van der Waals surface area (Å²) in [4.78, 5) is 38.2. The van der Waals surface area contributed by atoms with Gasteiger partial charge in [0.15, 0.2) is 6.10 Å². The van der Waals surface area contributed by atoms with E-state index >= 15 is 0 Å². The molecule has 69 heavy (non-hydrogen) atoms. The average molecular weight is 970 g/mol. The van der Waals surface area contributed by atoms with Gasteiger partial charge in [0.05, 0.1) is 0 Å². The monoisotopic (exact) mass is 969 g/mol. The fraction of sp³-hybridized carbons (Fsp3) is 0.857. The highest BCUT2D eigenvalue weighted by atomic mass is 16.6. The second-order valence-electron chi connectivity index (χ2n) is 20.6. The number of allylic oxidation sites excluding steroid dienone is 6. The summed E-state index contributed by atoms with van der Waals surface area (Å²) < 4.78 is 16.9. The lowest BCUT2D eigenvalue weighted by atomic mass is 10.1. The van der Waals surface area contributed by atoms with Gasteiger partial charge in [0.1, 0.15) is 13.2 Å². The van der Waals surface area contributed by atoms with Gasteiger partial charge in [-0.2, -0.15) is 0 Å². The maximum Gasteiger partial charge on any atom is 0.306 e. The second-order valence-corrected chi connectivity index (χ2v) is 20.6. The average Bonchev–Trinajstić information content (AvgIpc) is 3.35. The molecule has 0 aromatic carbocycles. The van der Waals surface area contributed by atoms with Crippen LogP contribution in [0.4, 0.5) is 0 Å². The Kier molecular flexibility index (Phi) is 56.2. The van der Waals surface area contributed by atoms with Gasteiger partial charge in [0, 0.05) is 19.3 Å². The topological polar surface area (TPSA) is 78.9 Å². The van der Waals surface area contributed by atoms with E-state index < -0.39 is 6.10 Å². The molecule has 404 valence electrons. The van der Waals surface area contributed by atoms with Gasteiger partial charge in [0.2, 0.25) is 0 Å². The summed E-state index contributed by atoms with van der Waals surface area (Å²) in [6, 6.07) is 0. The fourth-order valence-electron chi connectivity index (χ4n) is 8.96. The highest BCUT2D eigenvalue weighted by Crippen LogP contribution is 2.16. The van der Waals surface area contributed by atoms with Crippen molar-refractivity contribution in [2.24, 2.45) is 0 Å². The number of unbranched alkanes of at least 4 members (excludes halogenated alkanes) is 39. The summed E-state index contributed by atoms with van der Waals surface area (Å²) in [6.45, 7) is 6.66. The molecule has 0 saturated heterocycles. The summed E-state index contributed by atoms with van der Waals surface area (Å²) in [6.07, 6.45) is 69.9. The predicted molar refractivity (Wildman–Crippen MR) is 298 cm³/mol. The van der Waals surface area contributed by atoms with Crippen LogP contribution < -0.4 is 0 Å². The van der Waals surface area contributed by atoms with Crippen molar-refractivity contribution in [3.05, 3.63) is 36.5 Å². The van der Waals surface area contributed by atoms with Gasteiger partial charge >= 0.3 is 17.9 Å². The number of carbonyl (C=O) groups is 3. The van der Waals surface area contributed by atoms with E-state index in [2.05, 4.69) is 57.2 Å². The molecule has 0 bridgehead atoms. The second kappa shape index (κ2) is 58.2. The SMILES string of the molecule is CCCCCCCCCC/C=C\CCCCCCCC(=O)OCC(COC(=O)CCCCCCC/C=C\CCCCCCCCCC)OC(=O)CCCCCCC/C=C\CCCCCCCCCC. The number of hydrogen-bond acceptors (Lipinski definition) is 6. The molecule has 0 heterocycles. The van der Waals surface area contributed by atoms with Crippen LogP contribution in [0.1, 0.15) is 329 Å². The van der Waals surface area contributed by atoms with Crippen LogP contribution in [0.25, 0.3) is 0 Å². The van der Waals surface area contributed by atoms with E-state index in [0.717, 1.165) is 77.0 Å². The van der Waals surface area contributed by atoms with Crippen molar-refractivity contribution < 1.29 is 28.6 Å². The molecule has 0 N–H and O–H groups in total. The summed E-state index contributed by atoms with van der Waals surface area (Å²) in [5.41, 5.74) is 0. The van der Waals surface area contributed by atoms with Crippen LogP contribution in [0.2, 0.25) is 0 Å². The minimum Gasteiger partial charge on any atom is -0.462 e. The zero-order valence-corrected chi connectivity index (χ0v) is 46.3. The van der Waals surface area contributed by atoms with Gasteiger partial charge in [-0.1, -0.05) is 250 Å². The molecule has 0 radical (unpaired) electrons. The van der Waals surface area contributed by atoms with Gasteiger partial charge in [-0.3, -0.25) is 14.4 Å². The number of carbonyl (C=O) groups excluding carboxylic acids is 3. The van der Waals surface area contributed by atoms with Gasteiger partial charge in [-0.25, -0.2) is 0 Å². The molecule has 0 amide bonds. The van der Waals surface area contributed by atoms with Crippen LogP contribution in [0.15, 0.2) is 36.5 Å². The van der Waals surface area contributed by atoms with Gasteiger partial charge in [0.25, 0.3) is 0 Å². The van der Waals surface area contributed by atoms with Crippen molar-refractivity contribution in [3.63, 3.8) is 0 Å². The third-order valence-electron chi connectivity index (χ3n) is 13.6. The summed E-state index contributed by atoms with van der Waals surface area (Å²) in [5.74, 6) is -0.886. The molecule has 0 unspecified atom stereocenters. The van der Waals surface area contributed by atoms with Crippen molar-refractivity contribution in [2.75, 3.05) is 13.2 Å². The first-order valence-electron chi connectivity index (χ1n) is 30.5. The number of esters is 3. The largest absolute Gasteiger partial charge is 0.462 e. The van der Waals surface area contributed by atoms with E-state index in [4.69, 9.17) is 14.2 Å². The summed E-state index contributed by atoms with van der Waals surface area (Å²) in [7, 11) is 0. The Morgan fingerprint density at radius 3 is 0.725 bits per heavy atom. The molecule has 0 aromatic rings. The van der Waals surface area contributed by atoms with Crippen molar-refractivity contribution in [1.82, 2.24) is 0 Å². The molecular weight excluding hydrogens is 853 g/mol. The Hall–Kier alpha value is -2.37. The Morgan fingerprint density at radius 2 is 0.478 bits per heavy atom. The molecule has 0 aromatic heterocycles. The summed E-state index contributed by atoms with van der Waals surface area (Å²) >= 11 is 0. The van der Waals surface area contributed by atoms with Crippen molar-refractivity contribution >= 4 is 17.9 Å². The minimum absolute atomic E-state index is 0.0801. The molecule has 0 spiro atoms. The third-order valence-corrected chi connectivity index (χ3v) is 13.6. The molecule has 0 aliphatic carbocycles. The van der Waals surface area contributed by atoms with Crippen LogP contribution in [0, 0.1) is 0 Å². The smallest absolute Gasteiger partial charge is 0.306 e. The highest BCUT2D eigenvalue weighted by molar-refractivity contribution is 5.71. The van der Waals surface area contributed by atoms with Crippen LogP contribution in [-0.4, -0.2) is 37.2 Å². The van der Waals surface area contributed by atoms with Crippen LogP contribution in [0.3, 0.4) is 0 Å². The van der Waals surface area contributed by atoms with E-state index in [9.17, 15) is 14.4 Å². The summed E-state index contributed by atoms with van der Waals surface area (Å²) in [5, 5.41) is 0. The molecule has 0 fully saturated rings. The first kappa shape index (κ1) is 66.6. The highest BCUT2D eigenvalue weighted by Gasteiger charge is 2.19. The molecule has 0 aliphatic rings. The molecular formula is C63H116O6. The van der Waals surface area contributed by atoms with Gasteiger partial charge in [-0.05, 0) is 96.3 Å². The Balaban J connectivity index is 4.38. The molecule has 6 heteroatoms. The number of hydrogen-bond donors (Lipinski definition) is 0. The van der Waals surface area contributed by atoms with Gasteiger partial charge in [-0.15, -0.1) is 0 Å². The Morgan fingerprint density at radius 1 is 0.275 bits per heavy atom. The van der Waals surface area contributed by atoms with E-state index in [-0.39, 0.29) is 31.1 Å². The van der Waals surface area contributed by atoms with E-state index in [0.29, 0.717) is 19.3 Å². The zero-order chi connectivity index (χ0) is 50.0. The minimum atomic E-state index is -0.782. The standard InChI is InChI=1S/C63H116O6/c1-4-7-10-13-16-19-22-25-28-31-34-37-40-43-46-49-52-55-61(64)67-58-60(69-63(66)57-54-51-48-45-42-39-36-33-30-27-24-21-18-15-12-9-6-3)59-68-62(65)56-53-50-47-44-41-38-35-32-29-26-23-20-17-14-11-8-5-2/h31-36,60H,4-30,37-59H2,1-3H3/b34-31-,35-32-,36-33-. The number of ether oxygens (including phenoxy) is 3. The van der Waals surface area contributed by atoms with Crippen molar-refractivity contribution in [1.29, 1.82) is 0 Å².